The Hall–Kier alpha value is -4.17. The number of piperazine rings is 1. The van der Waals surface area contributed by atoms with Crippen LogP contribution >= 0.6 is 0 Å². The van der Waals surface area contributed by atoms with Crippen molar-refractivity contribution in [2.75, 3.05) is 54.5 Å². The zero-order chi connectivity index (χ0) is 25.9. The lowest BCUT2D eigenvalue weighted by Gasteiger charge is -2.36. The standard InChI is InChI=1S/C30H31N5O3/c36-29(28-26(22-11-19-38-20-12-22)21-25-5-2-4-14-35(25)28)30(37)32-23-7-9-24(10-8-23)33-15-17-34(18-16-33)27-6-1-3-13-31-27/h1-10,13-14,21-22H,11-12,15-20H2,(H,32,37). The number of anilines is 3. The van der Waals surface area contributed by atoms with Crippen LogP contribution in [-0.2, 0) is 9.53 Å². The van der Waals surface area contributed by atoms with Gasteiger partial charge in [-0.05, 0) is 78.9 Å². The lowest BCUT2D eigenvalue weighted by molar-refractivity contribution is -0.112. The molecular weight excluding hydrogens is 478 g/mol. The van der Waals surface area contributed by atoms with E-state index in [9.17, 15) is 9.59 Å². The summed E-state index contributed by atoms with van der Waals surface area (Å²) in [5, 5.41) is 2.82. The molecular formula is C30H31N5O3. The Morgan fingerprint density at radius 2 is 1.61 bits per heavy atom. The second-order valence-corrected chi connectivity index (χ2v) is 9.82. The van der Waals surface area contributed by atoms with Crippen LogP contribution in [0.5, 0.6) is 0 Å². The zero-order valence-corrected chi connectivity index (χ0v) is 21.3. The monoisotopic (exact) mass is 509 g/mol. The van der Waals surface area contributed by atoms with Gasteiger partial charge in [-0.2, -0.15) is 0 Å². The highest BCUT2D eigenvalue weighted by molar-refractivity contribution is 6.46. The number of fused-ring (bicyclic) bond motifs is 1. The lowest BCUT2D eigenvalue weighted by atomic mass is 9.90. The van der Waals surface area contributed by atoms with E-state index in [-0.39, 0.29) is 5.92 Å². The Kier molecular flexibility index (Phi) is 6.79. The summed E-state index contributed by atoms with van der Waals surface area (Å²) in [5.41, 5.74) is 3.99. The fraction of sp³-hybridized carbons (Fsp3) is 0.300. The Morgan fingerprint density at radius 3 is 2.34 bits per heavy atom. The summed E-state index contributed by atoms with van der Waals surface area (Å²) in [5.74, 6) is 0.0599. The third-order valence-corrected chi connectivity index (χ3v) is 7.53. The first-order valence-corrected chi connectivity index (χ1v) is 13.2. The number of pyridine rings is 2. The molecule has 38 heavy (non-hydrogen) atoms. The van der Waals surface area contributed by atoms with Crippen LogP contribution < -0.4 is 15.1 Å². The second kappa shape index (κ2) is 10.7. The number of nitrogens with zero attached hydrogens (tertiary/aromatic N) is 4. The quantitative estimate of drug-likeness (QED) is 0.307. The topological polar surface area (TPSA) is 79.2 Å². The first-order valence-electron chi connectivity index (χ1n) is 13.2. The summed E-state index contributed by atoms with van der Waals surface area (Å²) in [4.78, 5) is 35.7. The molecule has 8 heteroatoms. The average molecular weight is 510 g/mol. The molecule has 6 rings (SSSR count). The maximum atomic E-state index is 13.5. The summed E-state index contributed by atoms with van der Waals surface area (Å²) in [6, 6.07) is 21.5. The number of amides is 1. The summed E-state index contributed by atoms with van der Waals surface area (Å²) in [7, 11) is 0. The van der Waals surface area contributed by atoms with Gasteiger partial charge in [0.1, 0.15) is 11.5 Å². The molecule has 8 nitrogen and oxygen atoms in total. The number of hydrogen-bond acceptors (Lipinski definition) is 6. The Morgan fingerprint density at radius 1 is 0.868 bits per heavy atom. The van der Waals surface area contributed by atoms with Crippen molar-refractivity contribution in [3.05, 3.63) is 90.4 Å². The molecule has 0 radical (unpaired) electrons. The molecule has 2 aliphatic heterocycles. The predicted molar refractivity (Wildman–Crippen MR) is 148 cm³/mol. The van der Waals surface area contributed by atoms with Crippen LogP contribution in [0.3, 0.4) is 0 Å². The largest absolute Gasteiger partial charge is 0.381 e. The molecule has 0 unspecified atom stereocenters. The molecule has 0 saturated carbocycles. The van der Waals surface area contributed by atoms with Gasteiger partial charge in [0.2, 0.25) is 0 Å². The second-order valence-electron chi connectivity index (χ2n) is 9.82. The van der Waals surface area contributed by atoms with Gasteiger partial charge in [0.05, 0.1) is 0 Å². The van der Waals surface area contributed by atoms with Crippen LogP contribution in [-0.4, -0.2) is 60.5 Å². The van der Waals surface area contributed by atoms with Crippen molar-refractivity contribution >= 4 is 34.4 Å². The highest BCUT2D eigenvalue weighted by Crippen LogP contribution is 2.32. The molecule has 3 aromatic heterocycles. The minimum atomic E-state index is -0.626. The number of ketones is 1. The smallest absolute Gasteiger partial charge is 0.298 e. The van der Waals surface area contributed by atoms with E-state index < -0.39 is 11.7 Å². The van der Waals surface area contributed by atoms with Crippen molar-refractivity contribution in [2.45, 2.75) is 18.8 Å². The summed E-state index contributed by atoms with van der Waals surface area (Å²) in [6.45, 7) is 4.89. The number of ether oxygens (including phenoxy) is 1. The molecule has 0 aliphatic carbocycles. The lowest BCUT2D eigenvalue weighted by Crippen LogP contribution is -2.46. The number of Topliss-reactive ketones (excluding diaryl/α,β-unsaturated/α-hetero) is 1. The number of carbonyl (C=O) groups excluding carboxylic acids is 2. The Balaban J connectivity index is 1.14. The minimum absolute atomic E-state index is 0.202. The first-order chi connectivity index (χ1) is 18.7. The Labute approximate surface area is 221 Å². The maximum Gasteiger partial charge on any atom is 0.298 e. The van der Waals surface area contributed by atoms with Crippen LogP contribution in [0.1, 0.15) is 34.8 Å². The molecule has 1 amide bonds. The molecule has 2 saturated heterocycles. The molecule has 194 valence electrons. The van der Waals surface area contributed by atoms with E-state index in [1.54, 1.807) is 0 Å². The fourth-order valence-electron chi connectivity index (χ4n) is 5.49. The molecule has 0 bridgehead atoms. The summed E-state index contributed by atoms with van der Waals surface area (Å²) in [6.07, 6.45) is 5.36. The van der Waals surface area contributed by atoms with Crippen LogP contribution in [0.15, 0.2) is 79.1 Å². The van der Waals surface area contributed by atoms with Gasteiger partial charge in [-0.25, -0.2) is 4.98 Å². The van der Waals surface area contributed by atoms with Gasteiger partial charge in [-0.1, -0.05) is 12.1 Å². The van der Waals surface area contributed by atoms with E-state index in [2.05, 4.69) is 20.1 Å². The molecule has 4 aromatic rings. The van der Waals surface area contributed by atoms with Gasteiger partial charge in [-0.15, -0.1) is 0 Å². The average Bonchev–Trinajstić information content (AvgIpc) is 3.38. The first kappa shape index (κ1) is 24.2. The number of benzene rings is 1. The van der Waals surface area contributed by atoms with Gasteiger partial charge in [0, 0.05) is 68.7 Å². The van der Waals surface area contributed by atoms with E-state index in [4.69, 9.17) is 4.74 Å². The molecule has 2 aliphatic rings. The summed E-state index contributed by atoms with van der Waals surface area (Å²) < 4.78 is 7.36. The number of nitrogens with one attached hydrogen (secondary N) is 1. The molecule has 0 spiro atoms. The SMILES string of the molecule is O=C(Nc1ccc(N2CCN(c3ccccn3)CC2)cc1)C(=O)c1c(C2CCOCC2)cc2ccccn12. The number of carbonyl (C=O) groups is 2. The fourth-order valence-corrected chi connectivity index (χ4v) is 5.49. The van der Waals surface area contributed by atoms with Gasteiger partial charge in [-0.3, -0.25) is 9.59 Å². The maximum absolute atomic E-state index is 13.5. The molecule has 2 fully saturated rings. The normalized spacial score (nSPS) is 16.5. The van der Waals surface area contributed by atoms with Gasteiger partial charge in [0.15, 0.2) is 0 Å². The van der Waals surface area contributed by atoms with Crippen molar-refractivity contribution < 1.29 is 14.3 Å². The van der Waals surface area contributed by atoms with E-state index in [1.807, 2.05) is 83.5 Å². The Bertz CT molecular complexity index is 1420. The van der Waals surface area contributed by atoms with Crippen molar-refractivity contribution in [1.82, 2.24) is 9.38 Å². The number of aromatic nitrogens is 2. The van der Waals surface area contributed by atoms with E-state index in [0.717, 1.165) is 61.6 Å². The summed E-state index contributed by atoms with van der Waals surface area (Å²) >= 11 is 0. The number of rotatable bonds is 6. The van der Waals surface area contributed by atoms with Crippen LogP contribution in [0.25, 0.3) is 5.52 Å². The zero-order valence-electron chi connectivity index (χ0n) is 21.3. The highest BCUT2D eigenvalue weighted by Gasteiger charge is 2.29. The van der Waals surface area contributed by atoms with Crippen molar-refractivity contribution in [3.8, 4) is 0 Å². The van der Waals surface area contributed by atoms with Crippen molar-refractivity contribution in [1.29, 1.82) is 0 Å². The predicted octanol–water partition coefficient (Wildman–Crippen LogP) is 4.38. The van der Waals surface area contributed by atoms with Crippen molar-refractivity contribution in [3.63, 3.8) is 0 Å². The third kappa shape index (κ3) is 4.87. The molecule has 1 N–H and O–H groups in total. The van der Waals surface area contributed by atoms with Crippen molar-refractivity contribution in [2.24, 2.45) is 0 Å². The minimum Gasteiger partial charge on any atom is -0.381 e. The molecule has 5 heterocycles. The van der Waals surface area contributed by atoms with Crippen LogP contribution in [0.4, 0.5) is 17.2 Å². The van der Waals surface area contributed by atoms with Crippen LogP contribution in [0, 0.1) is 0 Å². The van der Waals surface area contributed by atoms with Gasteiger partial charge in [0.25, 0.3) is 11.7 Å². The van der Waals surface area contributed by atoms with Gasteiger partial charge >= 0.3 is 0 Å². The van der Waals surface area contributed by atoms with Crippen LogP contribution in [0.2, 0.25) is 0 Å². The third-order valence-electron chi connectivity index (χ3n) is 7.53. The molecule has 0 atom stereocenters. The van der Waals surface area contributed by atoms with Gasteiger partial charge < -0.3 is 24.3 Å². The van der Waals surface area contributed by atoms with E-state index in [1.165, 1.54) is 0 Å². The molecule has 1 aromatic carbocycles. The number of hydrogen-bond donors (Lipinski definition) is 1. The van der Waals surface area contributed by atoms with E-state index >= 15 is 0 Å². The van der Waals surface area contributed by atoms with E-state index in [0.29, 0.717) is 24.6 Å². The highest BCUT2D eigenvalue weighted by atomic mass is 16.5.